The zero-order valence-corrected chi connectivity index (χ0v) is 10.7. The van der Waals surface area contributed by atoms with Gasteiger partial charge in [0.1, 0.15) is 0 Å². The van der Waals surface area contributed by atoms with E-state index in [1.807, 2.05) is 9.80 Å². The summed E-state index contributed by atoms with van der Waals surface area (Å²) < 4.78 is 0. The van der Waals surface area contributed by atoms with E-state index in [0.29, 0.717) is 32.0 Å². The van der Waals surface area contributed by atoms with Crippen molar-refractivity contribution in [2.75, 3.05) is 19.6 Å². The summed E-state index contributed by atoms with van der Waals surface area (Å²) in [6.45, 7) is 2.02. The van der Waals surface area contributed by atoms with Gasteiger partial charge in [0.25, 0.3) is 0 Å². The molecule has 2 atom stereocenters. The molecule has 100 valence electrons. The van der Waals surface area contributed by atoms with Gasteiger partial charge in [-0.05, 0) is 18.8 Å². The molecule has 0 aromatic rings. The molecule has 1 saturated carbocycles. The van der Waals surface area contributed by atoms with Crippen LogP contribution in [-0.2, 0) is 9.59 Å². The maximum Gasteiger partial charge on any atom is 0.239 e. The fourth-order valence-corrected chi connectivity index (χ4v) is 3.11. The predicted molar refractivity (Wildman–Crippen MR) is 66.6 cm³/mol. The molecule has 5 heteroatoms. The lowest BCUT2D eigenvalue weighted by atomic mass is 10.1. The van der Waals surface area contributed by atoms with Crippen LogP contribution in [0, 0.1) is 5.92 Å². The van der Waals surface area contributed by atoms with E-state index in [0.717, 1.165) is 12.8 Å². The van der Waals surface area contributed by atoms with Crippen LogP contribution in [0.1, 0.15) is 32.1 Å². The molecule has 0 aromatic carbocycles. The number of rotatable bonds is 3. The summed E-state index contributed by atoms with van der Waals surface area (Å²) in [5.74, 6) is 1.01. The largest absolute Gasteiger partial charge is 0.338 e. The number of hydrogen-bond donors (Lipinski definition) is 1. The maximum atomic E-state index is 12.2. The van der Waals surface area contributed by atoms with Crippen LogP contribution in [-0.4, -0.2) is 53.3 Å². The van der Waals surface area contributed by atoms with Gasteiger partial charge in [-0.15, -0.1) is 0 Å². The Bertz CT molecular complexity index is 367. The molecule has 0 spiro atoms. The Labute approximate surface area is 107 Å². The first kappa shape index (κ1) is 12.0. The Hall–Kier alpha value is -1.10. The number of fused-ring (bicyclic) bond motifs is 1. The third kappa shape index (κ3) is 2.23. The molecule has 2 N–H and O–H groups in total. The summed E-state index contributed by atoms with van der Waals surface area (Å²) in [5, 5.41) is 0. The van der Waals surface area contributed by atoms with E-state index >= 15 is 0 Å². The van der Waals surface area contributed by atoms with Gasteiger partial charge in [0, 0.05) is 32.1 Å². The standard InChI is InChI=1S/C13H21N3O2/c14-11(7-9-1-2-9)13(18)15-5-6-16-10(8-15)3-4-12(16)17/h9-11H,1-8,14H2/t10?,11-/m0/s1. The highest BCUT2D eigenvalue weighted by Crippen LogP contribution is 2.33. The van der Waals surface area contributed by atoms with Crippen LogP contribution in [0.3, 0.4) is 0 Å². The van der Waals surface area contributed by atoms with Crippen LogP contribution in [0.25, 0.3) is 0 Å². The highest BCUT2D eigenvalue weighted by molar-refractivity contribution is 5.83. The summed E-state index contributed by atoms with van der Waals surface area (Å²) >= 11 is 0. The summed E-state index contributed by atoms with van der Waals surface area (Å²) in [6.07, 6.45) is 4.82. The second kappa shape index (κ2) is 4.53. The van der Waals surface area contributed by atoms with Crippen LogP contribution in [0.4, 0.5) is 0 Å². The van der Waals surface area contributed by atoms with Gasteiger partial charge in [-0.25, -0.2) is 0 Å². The molecule has 18 heavy (non-hydrogen) atoms. The quantitative estimate of drug-likeness (QED) is 0.764. The fraction of sp³-hybridized carbons (Fsp3) is 0.846. The van der Waals surface area contributed by atoms with Crippen LogP contribution in [0.2, 0.25) is 0 Å². The van der Waals surface area contributed by atoms with E-state index in [1.165, 1.54) is 12.8 Å². The zero-order chi connectivity index (χ0) is 12.7. The molecule has 2 saturated heterocycles. The first-order chi connectivity index (χ1) is 8.65. The lowest BCUT2D eigenvalue weighted by Gasteiger charge is -2.38. The van der Waals surface area contributed by atoms with Gasteiger partial charge in [0.05, 0.1) is 6.04 Å². The van der Waals surface area contributed by atoms with Crippen molar-refractivity contribution < 1.29 is 9.59 Å². The number of carbonyl (C=O) groups excluding carboxylic acids is 2. The summed E-state index contributed by atoms with van der Waals surface area (Å²) in [5.41, 5.74) is 5.98. The number of piperazine rings is 1. The van der Waals surface area contributed by atoms with Gasteiger partial charge in [-0.3, -0.25) is 9.59 Å². The monoisotopic (exact) mass is 251 g/mol. The third-order valence-electron chi connectivity index (χ3n) is 4.41. The average molecular weight is 251 g/mol. The van der Waals surface area contributed by atoms with Crippen LogP contribution >= 0.6 is 0 Å². The zero-order valence-electron chi connectivity index (χ0n) is 10.7. The molecular formula is C13H21N3O2. The highest BCUT2D eigenvalue weighted by Gasteiger charge is 2.38. The van der Waals surface area contributed by atoms with Gasteiger partial charge in [-0.2, -0.15) is 0 Å². The summed E-state index contributed by atoms with van der Waals surface area (Å²) in [6, 6.07) is -0.0931. The number of hydrogen-bond acceptors (Lipinski definition) is 3. The molecule has 3 rings (SSSR count). The molecule has 2 amide bonds. The summed E-state index contributed by atoms with van der Waals surface area (Å²) in [4.78, 5) is 27.6. The van der Waals surface area contributed by atoms with E-state index in [9.17, 15) is 9.59 Å². The van der Waals surface area contributed by atoms with Crippen molar-refractivity contribution >= 4 is 11.8 Å². The molecule has 3 fully saturated rings. The summed E-state index contributed by atoms with van der Waals surface area (Å²) in [7, 11) is 0. The van der Waals surface area contributed by atoms with Gasteiger partial charge in [0.15, 0.2) is 0 Å². The minimum absolute atomic E-state index is 0.0842. The van der Waals surface area contributed by atoms with Crippen molar-refractivity contribution in [1.29, 1.82) is 0 Å². The third-order valence-corrected chi connectivity index (χ3v) is 4.41. The highest BCUT2D eigenvalue weighted by atomic mass is 16.2. The van der Waals surface area contributed by atoms with Gasteiger partial charge < -0.3 is 15.5 Å². The van der Waals surface area contributed by atoms with E-state index < -0.39 is 0 Å². The van der Waals surface area contributed by atoms with Gasteiger partial charge in [-0.1, -0.05) is 12.8 Å². The number of nitrogens with two attached hydrogens (primary N) is 1. The molecule has 0 radical (unpaired) electrons. The second-order valence-corrected chi connectivity index (χ2v) is 5.85. The lowest BCUT2D eigenvalue weighted by Crippen LogP contribution is -2.56. The first-order valence-corrected chi connectivity index (χ1v) is 6.99. The van der Waals surface area contributed by atoms with E-state index in [4.69, 9.17) is 5.73 Å². The Morgan fingerprint density at radius 2 is 2.11 bits per heavy atom. The van der Waals surface area contributed by atoms with E-state index in [-0.39, 0.29) is 23.9 Å². The number of amides is 2. The molecule has 0 bridgehead atoms. The Morgan fingerprint density at radius 3 is 2.83 bits per heavy atom. The van der Waals surface area contributed by atoms with Crippen molar-refractivity contribution in [2.45, 2.75) is 44.2 Å². The Balaban J connectivity index is 1.56. The van der Waals surface area contributed by atoms with Gasteiger partial charge >= 0.3 is 0 Å². The fourth-order valence-electron chi connectivity index (χ4n) is 3.11. The SMILES string of the molecule is N[C@@H](CC1CC1)C(=O)N1CCN2C(=O)CCC2C1. The predicted octanol–water partition coefficient (Wildman–Crippen LogP) is -0.0530. The van der Waals surface area contributed by atoms with Crippen molar-refractivity contribution in [3.63, 3.8) is 0 Å². The molecule has 3 aliphatic rings. The smallest absolute Gasteiger partial charge is 0.239 e. The minimum Gasteiger partial charge on any atom is -0.338 e. The number of carbonyl (C=O) groups is 2. The van der Waals surface area contributed by atoms with Crippen molar-refractivity contribution in [1.82, 2.24) is 9.80 Å². The number of nitrogens with zero attached hydrogens (tertiary/aromatic N) is 2. The molecular weight excluding hydrogens is 230 g/mol. The average Bonchev–Trinajstić information content (AvgIpc) is 3.11. The van der Waals surface area contributed by atoms with Gasteiger partial charge in [0.2, 0.25) is 11.8 Å². The molecule has 5 nitrogen and oxygen atoms in total. The molecule has 1 aliphatic carbocycles. The first-order valence-electron chi connectivity index (χ1n) is 6.99. The minimum atomic E-state index is -0.332. The molecule has 2 heterocycles. The Morgan fingerprint density at radius 1 is 1.33 bits per heavy atom. The van der Waals surface area contributed by atoms with Crippen molar-refractivity contribution in [3.8, 4) is 0 Å². The van der Waals surface area contributed by atoms with E-state index in [1.54, 1.807) is 0 Å². The molecule has 2 aliphatic heterocycles. The van der Waals surface area contributed by atoms with E-state index in [2.05, 4.69) is 0 Å². The normalized spacial score (nSPS) is 29.4. The topological polar surface area (TPSA) is 66.6 Å². The lowest BCUT2D eigenvalue weighted by molar-refractivity contribution is -0.140. The maximum absolute atomic E-state index is 12.2. The Kier molecular flexibility index (Phi) is 3.01. The van der Waals surface area contributed by atoms with Crippen LogP contribution in [0.5, 0.6) is 0 Å². The second-order valence-electron chi connectivity index (χ2n) is 5.85. The van der Waals surface area contributed by atoms with Crippen molar-refractivity contribution in [2.24, 2.45) is 11.7 Å². The molecule has 0 aromatic heterocycles. The molecule has 1 unspecified atom stereocenters. The van der Waals surface area contributed by atoms with Crippen molar-refractivity contribution in [3.05, 3.63) is 0 Å². The van der Waals surface area contributed by atoms with Crippen LogP contribution < -0.4 is 5.73 Å². The van der Waals surface area contributed by atoms with Crippen LogP contribution in [0.15, 0.2) is 0 Å².